The summed E-state index contributed by atoms with van der Waals surface area (Å²) in [4.78, 5) is 18.1. The second kappa shape index (κ2) is 7.19. The summed E-state index contributed by atoms with van der Waals surface area (Å²) in [6, 6.07) is 11.7. The Bertz CT molecular complexity index is 1120. The fourth-order valence-corrected chi connectivity index (χ4v) is 4.83. The van der Waals surface area contributed by atoms with Gasteiger partial charge in [-0.2, -0.15) is 0 Å². The van der Waals surface area contributed by atoms with Crippen LogP contribution >= 0.6 is 35.0 Å². The van der Waals surface area contributed by atoms with E-state index < -0.39 is 0 Å². The molecule has 0 N–H and O–H groups in total. The molecule has 3 aromatic rings. The molecule has 0 bridgehead atoms. The minimum absolute atomic E-state index is 0.376. The highest BCUT2D eigenvalue weighted by Crippen LogP contribution is 2.42. The molecule has 1 aliphatic rings. The smallest absolute Gasteiger partial charge is 0.334 e. The molecule has 0 amide bonds. The normalized spacial score (nSPS) is 15.2. The molecule has 1 aromatic heterocycles. The number of halogens is 2. The van der Waals surface area contributed by atoms with Crippen LogP contribution in [0.5, 0.6) is 0 Å². The first-order chi connectivity index (χ1) is 13.0. The Balaban J connectivity index is 2.01. The van der Waals surface area contributed by atoms with Crippen molar-refractivity contribution in [2.45, 2.75) is 23.3 Å². The van der Waals surface area contributed by atoms with E-state index in [1.54, 1.807) is 6.07 Å². The highest BCUT2D eigenvalue weighted by Gasteiger charge is 2.22. The largest absolute Gasteiger partial charge is 0.466 e. The van der Waals surface area contributed by atoms with Gasteiger partial charge >= 0.3 is 5.97 Å². The van der Waals surface area contributed by atoms with Gasteiger partial charge in [-0.3, -0.25) is 0 Å². The SMILES string of the molecule is COC(=O)/C1=C/c2cc3cccc(C)c3nc2Sc2c(Cl)cc(Cl)cc2C1. The number of para-hydroxylation sites is 1. The zero-order chi connectivity index (χ0) is 19.1. The summed E-state index contributed by atoms with van der Waals surface area (Å²) >= 11 is 14.2. The first-order valence-corrected chi connectivity index (χ1v) is 9.88. The fraction of sp³-hybridized carbons (Fsp3) is 0.143. The quantitative estimate of drug-likeness (QED) is 0.449. The third kappa shape index (κ3) is 3.45. The molecule has 6 heteroatoms. The van der Waals surface area contributed by atoms with Crippen molar-refractivity contribution in [2.24, 2.45) is 0 Å². The van der Waals surface area contributed by atoms with Crippen molar-refractivity contribution in [3.05, 3.63) is 68.7 Å². The molecule has 136 valence electrons. The van der Waals surface area contributed by atoms with Crippen molar-refractivity contribution < 1.29 is 9.53 Å². The van der Waals surface area contributed by atoms with Gasteiger partial charge in [-0.1, -0.05) is 53.2 Å². The molecule has 0 atom stereocenters. The van der Waals surface area contributed by atoms with E-state index in [-0.39, 0.29) is 5.97 Å². The Morgan fingerprint density at radius 3 is 2.81 bits per heavy atom. The lowest BCUT2D eigenvalue weighted by Gasteiger charge is -2.18. The number of aromatic nitrogens is 1. The number of hydrogen-bond acceptors (Lipinski definition) is 4. The maximum absolute atomic E-state index is 12.4. The molecule has 4 rings (SSSR count). The van der Waals surface area contributed by atoms with E-state index >= 15 is 0 Å². The number of hydrogen-bond donors (Lipinski definition) is 0. The van der Waals surface area contributed by atoms with Gasteiger partial charge in [0.15, 0.2) is 0 Å². The average Bonchev–Trinajstić information content (AvgIpc) is 2.62. The van der Waals surface area contributed by atoms with E-state index in [9.17, 15) is 4.79 Å². The van der Waals surface area contributed by atoms with Crippen molar-refractivity contribution in [1.82, 2.24) is 4.98 Å². The standard InChI is InChI=1S/C21H15Cl2NO2S/c1-11-4-3-5-12-6-14-8-15(21(25)26-2)7-13-9-16(22)10-17(23)19(13)27-20(14)24-18(11)12/h3-6,8-10H,7H2,1-2H3/b15-8+. The fourth-order valence-electron chi connectivity index (χ4n) is 3.19. The molecule has 0 fully saturated rings. The zero-order valence-corrected chi connectivity index (χ0v) is 17.0. The minimum Gasteiger partial charge on any atom is -0.466 e. The van der Waals surface area contributed by atoms with Crippen molar-refractivity contribution in [1.29, 1.82) is 0 Å². The summed E-state index contributed by atoms with van der Waals surface area (Å²) in [5.41, 5.74) is 4.32. The Morgan fingerprint density at radius 1 is 1.22 bits per heavy atom. The van der Waals surface area contributed by atoms with Crippen molar-refractivity contribution >= 4 is 57.9 Å². The van der Waals surface area contributed by atoms with Crippen molar-refractivity contribution in [3.63, 3.8) is 0 Å². The summed E-state index contributed by atoms with van der Waals surface area (Å²) < 4.78 is 4.98. The monoisotopic (exact) mass is 415 g/mol. The molecule has 0 spiro atoms. The minimum atomic E-state index is -0.376. The number of methoxy groups -OCH3 is 1. The number of rotatable bonds is 1. The van der Waals surface area contributed by atoms with Crippen LogP contribution in [-0.4, -0.2) is 18.1 Å². The van der Waals surface area contributed by atoms with Gasteiger partial charge in [0.1, 0.15) is 5.03 Å². The molecule has 0 saturated heterocycles. The number of aryl methyl sites for hydroxylation is 1. The Kier molecular flexibility index (Phi) is 4.89. The molecule has 1 aliphatic heterocycles. The van der Waals surface area contributed by atoms with Gasteiger partial charge in [0.25, 0.3) is 0 Å². The van der Waals surface area contributed by atoms with Gasteiger partial charge in [-0.25, -0.2) is 9.78 Å². The topological polar surface area (TPSA) is 39.2 Å². The van der Waals surface area contributed by atoms with E-state index in [0.717, 1.165) is 37.5 Å². The molecule has 0 radical (unpaired) electrons. The molecular weight excluding hydrogens is 401 g/mol. The number of nitrogens with zero attached hydrogens (tertiary/aromatic N) is 1. The highest BCUT2D eigenvalue weighted by molar-refractivity contribution is 7.99. The summed E-state index contributed by atoms with van der Waals surface area (Å²) in [5.74, 6) is -0.376. The summed E-state index contributed by atoms with van der Waals surface area (Å²) in [6.07, 6.45) is 2.24. The van der Waals surface area contributed by atoms with Crippen LogP contribution in [0.4, 0.5) is 0 Å². The van der Waals surface area contributed by atoms with Crippen LogP contribution < -0.4 is 0 Å². The summed E-state index contributed by atoms with van der Waals surface area (Å²) in [7, 11) is 1.38. The Morgan fingerprint density at radius 2 is 2.04 bits per heavy atom. The lowest BCUT2D eigenvalue weighted by molar-refractivity contribution is -0.136. The molecule has 27 heavy (non-hydrogen) atoms. The summed E-state index contributed by atoms with van der Waals surface area (Å²) in [5, 5.41) is 2.90. The van der Waals surface area contributed by atoms with Gasteiger partial charge in [-0.15, -0.1) is 0 Å². The first kappa shape index (κ1) is 18.4. The number of benzene rings is 2. The van der Waals surface area contributed by atoms with E-state index in [2.05, 4.69) is 6.07 Å². The van der Waals surface area contributed by atoms with Crippen LogP contribution in [0, 0.1) is 6.92 Å². The number of carbonyl (C=O) groups excluding carboxylic acids is 1. The maximum Gasteiger partial charge on any atom is 0.334 e. The number of ether oxygens (including phenoxy) is 1. The van der Waals surface area contributed by atoms with Crippen LogP contribution in [0.25, 0.3) is 17.0 Å². The number of carbonyl (C=O) groups is 1. The second-order valence-electron chi connectivity index (χ2n) is 6.35. The molecular formula is C21H15Cl2NO2S. The zero-order valence-electron chi connectivity index (χ0n) is 14.7. The van der Waals surface area contributed by atoms with Crippen molar-refractivity contribution in [3.8, 4) is 0 Å². The highest BCUT2D eigenvalue weighted by atomic mass is 35.5. The van der Waals surface area contributed by atoms with Crippen LogP contribution in [0.3, 0.4) is 0 Å². The third-order valence-corrected chi connectivity index (χ3v) is 6.32. The Labute approximate surface area is 171 Å². The van der Waals surface area contributed by atoms with Crippen LogP contribution in [0.2, 0.25) is 10.0 Å². The van der Waals surface area contributed by atoms with Crippen LogP contribution in [-0.2, 0) is 16.0 Å². The second-order valence-corrected chi connectivity index (χ2v) is 8.19. The van der Waals surface area contributed by atoms with E-state index in [4.69, 9.17) is 32.9 Å². The molecule has 0 aliphatic carbocycles. The number of esters is 1. The number of fused-ring (bicyclic) bond motifs is 3. The predicted octanol–water partition coefficient (Wildman–Crippen LogP) is 6.11. The van der Waals surface area contributed by atoms with Crippen LogP contribution in [0.1, 0.15) is 16.7 Å². The molecule has 0 saturated carbocycles. The molecule has 0 unspecified atom stereocenters. The Hall–Kier alpha value is -2.01. The average molecular weight is 416 g/mol. The lowest BCUT2D eigenvalue weighted by atomic mass is 10.0. The molecule has 2 aromatic carbocycles. The van der Waals surface area contributed by atoms with Gasteiger partial charge in [0.05, 0.1) is 17.6 Å². The first-order valence-electron chi connectivity index (χ1n) is 8.31. The third-order valence-electron chi connectivity index (χ3n) is 4.48. The van der Waals surface area contributed by atoms with Gasteiger partial charge in [0.2, 0.25) is 0 Å². The molecule has 3 nitrogen and oxygen atoms in total. The maximum atomic E-state index is 12.4. The van der Waals surface area contributed by atoms with Gasteiger partial charge < -0.3 is 4.74 Å². The lowest BCUT2D eigenvalue weighted by Crippen LogP contribution is -2.10. The number of pyridine rings is 1. The van der Waals surface area contributed by atoms with E-state index in [1.165, 1.54) is 18.9 Å². The van der Waals surface area contributed by atoms with Gasteiger partial charge in [0, 0.05) is 32.9 Å². The molecule has 2 heterocycles. The van der Waals surface area contributed by atoms with E-state index in [1.807, 2.05) is 37.3 Å². The van der Waals surface area contributed by atoms with Gasteiger partial charge in [-0.05, 0) is 42.3 Å². The van der Waals surface area contributed by atoms with Crippen molar-refractivity contribution in [2.75, 3.05) is 7.11 Å². The van der Waals surface area contributed by atoms with Crippen LogP contribution in [0.15, 0.2) is 51.9 Å². The van der Waals surface area contributed by atoms with E-state index in [0.29, 0.717) is 22.0 Å². The predicted molar refractivity (Wildman–Crippen MR) is 111 cm³/mol. The summed E-state index contributed by atoms with van der Waals surface area (Å²) in [6.45, 7) is 2.03.